The predicted octanol–water partition coefficient (Wildman–Crippen LogP) is 5.93. The highest BCUT2D eigenvalue weighted by Crippen LogP contribution is 2.44. The molecule has 2 aromatic carbocycles. The van der Waals surface area contributed by atoms with Crippen LogP contribution in [0.2, 0.25) is 0 Å². The first-order valence-electron chi connectivity index (χ1n) is 12.9. The third kappa shape index (κ3) is 5.80. The maximum absolute atomic E-state index is 13.7. The lowest BCUT2D eigenvalue weighted by atomic mass is 9.83. The summed E-state index contributed by atoms with van der Waals surface area (Å²) in [7, 11) is 0. The number of halogens is 1. The Kier molecular flexibility index (Phi) is 7.57. The maximum atomic E-state index is 13.7. The molecule has 2 aromatic rings. The van der Waals surface area contributed by atoms with Crippen molar-refractivity contribution in [1.82, 2.24) is 10.2 Å². The molecule has 3 aliphatic rings. The van der Waals surface area contributed by atoms with Gasteiger partial charge < -0.3 is 10.2 Å². The highest BCUT2D eigenvalue weighted by Gasteiger charge is 2.44. The zero-order valence-electron chi connectivity index (χ0n) is 20.0. The number of rotatable bonds is 5. The largest absolute Gasteiger partial charge is 0.353 e. The van der Waals surface area contributed by atoms with Gasteiger partial charge in [0.05, 0.1) is 4.91 Å². The summed E-state index contributed by atoms with van der Waals surface area (Å²) >= 11 is 1.66. The molecule has 1 N–H and O–H groups in total. The van der Waals surface area contributed by atoms with Crippen LogP contribution in [-0.4, -0.2) is 34.0 Å². The Labute approximate surface area is 211 Å². The quantitative estimate of drug-likeness (QED) is 0.527. The average molecular weight is 493 g/mol. The number of nitrogens with one attached hydrogen (secondary N) is 1. The molecule has 6 heteroatoms. The number of carbonyl (C=O) groups is 2. The minimum atomic E-state index is -0.283. The highest BCUT2D eigenvalue weighted by molar-refractivity contribution is 8.04. The van der Waals surface area contributed by atoms with Crippen molar-refractivity contribution in [2.75, 3.05) is 0 Å². The molecule has 1 aliphatic heterocycles. The van der Waals surface area contributed by atoms with Crippen LogP contribution in [0.15, 0.2) is 59.5 Å². The normalized spacial score (nSPS) is 26.4. The van der Waals surface area contributed by atoms with Crippen LogP contribution in [0, 0.1) is 11.7 Å². The standard InChI is InChI=1S/C29H33FN2O2S/c30-23-14-11-21(12-15-23)19-32-25-18-22(28(33)31-24-9-5-2-6-10-24)13-16-26(25)35-27(29(32)34)17-20-7-3-1-4-8-20/h1,3-4,7-8,11-12,14-15,17,22,24-26H,2,5-6,9-10,13,16,18-19H2,(H,31,33)/b27-17-. The van der Waals surface area contributed by atoms with Crippen LogP contribution in [0.1, 0.15) is 62.5 Å². The van der Waals surface area contributed by atoms with E-state index in [2.05, 4.69) is 5.32 Å². The lowest BCUT2D eigenvalue weighted by Crippen LogP contribution is -2.54. The number of amides is 2. The van der Waals surface area contributed by atoms with Crippen molar-refractivity contribution < 1.29 is 14.0 Å². The van der Waals surface area contributed by atoms with E-state index in [1.807, 2.05) is 41.3 Å². The fraction of sp³-hybridized carbons (Fsp3) is 0.448. The van der Waals surface area contributed by atoms with Crippen molar-refractivity contribution in [3.05, 3.63) is 76.4 Å². The number of carbonyl (C=O) groups excluding carboxylic acids is 2. The van der Waals surface area contributed by atoms with Gasteiger partial charge in [0.15, 0.2) is 0 Å². The summed E-state index contributed by atoms with van der Waals surface area (Å²) in [5.41, 5.74) is 1.90. The highest BCUT2D eigenvalue weighted by atomic mass is 32.2. The fourth-order valence-electron chi connectivity index (χ4n) is 5.67. The molecule has 0 spiro atoms. The van der Waals surface area contributed by atoms with Crippen molar-refractivity contribution in [3.63, 3.8) is 0 Å². The minimum absolute atomic E-state index is 0.00207. The second-order valence-corrected chi connectivity index (χ2v) is 11.3. The Balaban J connectivity index is 1.36. The van der Waals surface area contributed by atoms with Gasteiger partial charge in [-0.25, -0.2) is 4.39 Å². The zero-order valence-corrected chi connectivity index (χ0v) is 20.8. The van der Waals surface area contributed by atoms with E-state index in [9.17, 15) is 14.0 Å². The molecule has 3 unspecified atom stereocenters. The predicted molar refractivity (Wildman–Crippen MR) is 139 cm³/mol. The Morgan fingerprint density at radius 1 is 1.00 bits per heavy atom. The molecule has 2 aliphatic carbocycles. The number of hydrogen-bond acceptors (Lipinski definition) is 3. The number of benzene rings is 2. The second kappa shape index (κ2) is 11.0. The third-order valence-electron chi connectivity index (χ3n) is 7.59. The fourth-order valence-corrected chi connectivity index (χ4v) is 7.08. The van der Waals surface area contributed by atoms with Gasteiger partial charge in [-0.15, -0.1) is 11.8 Å². The van der Waals surface area contributed by atoms with Gasteiger partial charge in [0.2, 0.25) is 5.91 Å². The SMILES string of the molecule is O=C(NC1CCCCC1)C1CCC2S/C(=C\c3ccccc3)C(=O)N(Cc3ccc(F)cc3)C2C1. The van der Waals surface area contributed by atoms with Gasteiger partial charge in [0.1, 0.15) is 5.82 Å². The monoisotopic (exact) mass is 492 g/mol. The molecule has 1 saturated heterocycles. The van der Waals surface area contributed by atoms with Crippen LogP contribution in [-0.2, 0) is 16.1 Å². The van der Waals surface area contributed by atoms with E-state index in [0.29, 0.717) is 19.0 Å². The van der Waals surface area contributed by atoms with Crippen molar-refractivity contribution in [2.24, 2.45) is 5.92 Å². The molecule has 3 atom stereocenters. The van der Waals surface area contributed by atoms with Gasteiger partial charge in [-0.2, -0.15) is 0 Å². The molecule has 4 nitrogen and oxygen atoms in total. The summed E-state index contributed by atoms with van der Waals surface area (Å²) in [6.07, 6.45) is 10.2. The topological polar surface area (TPSA) is 49.4 Å². The summed E-state index contributed by atoms with van der Waals surface area (Å²) < 4.78 is 13.5. The summed E-state index contributed by atoms with van der Waals surface area (Å²) in [4.78, 5) is 29.5. The Morgan fingerprint density at radius 3 is 2.49 bits per heavy atom. The molecule has 3 fully saturated rings. The van der Waals surface area contributed by atoms with Gasteiger partial charge in [-0.05, 0) is 61.4 Å². The third-order valence-corrected chi connectivity index (χ3v) is 8.99. The molecule has 184 valence electrons. The molecule has 0 aromatic heterocycles. The van der Waals surface area contributed by atoms with Gasteiger partial charge in [-0.1, -0.05) is 61.7 Å². The molecule has 2 saturated carbocycles. The lowest BCUT2D eigenvalue weighted by molar-refractivity contribution is -0.134. The van der Waals surface area contributed by atoms with Gasteiger partial charge in [0, 0.05) is 29.8 Å². The van der Waals surface area contributed by atoms with E-state index in [-0.39, 0.29) is 34.8 Å². The van der Waals surface area contributed by atoms with Crippen molar-refractivity contribution >= 4 is 29.7 Å². The van der Waals surface area contributed by atoms with Crippen molar-refractivity contribution in [1.29, 1.82) is 0 Å². The summed E-state index contributed by atoms with van der Waals surface area (Å²) in [5.74, 6) is -0.200. The van der Waals surface area contributed by atoms with E-state index < -0.39 is 0 Å². The van der Waals surface area contributed by atoms with E-state index in [0.717, 1.165) is 41.7 Å². The first-order chi connectivity index (χ1) is 17.1. The average Bonchev–Trinajstić information content (AvgIpc) is 2.88. The Bertz CT molecular complexity index is 1070. The van der Waals surface area contributed by atoms with Gasteiger partial charge in [0.25, 0.3) is 5.91 Å². The number of thioether (sulfide) groups is 1. The van der Waals surface area contributed by atoms with Crippen molar-refractivity contribution in [2.45, 2.75) is 75.2 Å². The molecule has 0 radical (unpaired) electrons. The first kappa shape index (κ1) is 24.1. The van der Waals surface area contributed by atoms with Crippen LogP contribution in [0.3, 0.4) is 0 Å². The smallest absolute Gasteiger partial charge is 0.260 e. The van der Waals surface area contributed by atoms with Crippen LogP contribution in [0.4, 0.5) is 4.39 Å². The molecule has 2 amide bonds. The maximum Gasteiger partial charge on any atom is 0.260 e. The Hall–Kier alpha value is -2.60. The van der Waals surface area contributed by atoms with Crippen LogP contribution in [0.5, 0.6) is 0 Å². The molecular weight excluding hydrogens is 459 g/mol. The number of fused-ring (bicyclic) bond motifs is 1. The molecule has 5 rings (SSSR count). The second-order valence-electron chi connectivity index (χ2n) is 10.1. The minimum Gasteiger partial charge on any atom is -0.353 e. The molecule has 1 heterocycles. The summed E-state index contributed by atoms with van der Waals surface area (Å²) in [5, 5.41) is 3.56. The van der Waals surface area contributed by atoms with E-state index in [1.165, 1.54) is 31.4 Å². The van der Waals surface area contributed by atoms with E-state index in [4.69, 9.17) is 0 Å². The summed E-state index contributed by atoms with van der Waals surface area (Å²) in [6.45, 7) is 0.421. The van der Waals surface area contributed by atoms with Gasteiger partial charge in [-0.3, -0.25) is 9.59 Å². The Morgan fingerprint density at radius 2 is 1.74 bits per heavy atom. The molecule has 0 bridgehead atoms. The van der Waals surface area contributed by atoms with Gasteiger partial charge >= 0.3 is 0 Å². The van der Waals surface area contributed by atoms with E-state index >= 15 is 0 Å². The van der Waals surface area contributed by atoms with Crippen LogP contribution in [0.25, 0.3) is 6.08 Å². The van der Waals surface area contributed by atoms with Crippen molar-refractivity contribution in [3.8, 4) is 0 Å². The molecule has 35 heavy (non-hydrogen) atoms. The van der Waals surface area contributed by atoms with Crippen LogP contribution >= 0.6 is 11.8 Å². The zero-order chi connectivity index (χ0) is 24.2. The number of hydrogen-bond donors (Lipinski definition) is 1. The molecular formula is C29H33FN2O2S. The first-order valence-corrected chi connectivity index (χ1v) is 13.7. The van der Waals surface area contributed by atoms with Crippen LogP contribution < -0.4 is 5.32 Å². The number of nitrogens with zero attached hydrogens (tertiary/aromatic N) is 1. The lowest BCUT2D eigenvalue weighted by Gasteiger charge is -2.46. The summed E-state index contributed by atoms with van der Waals surface area (Å²) in [6, 6.07) is 16.6. The van der Waals surface area contributed by atoms with E-state index in [1.54, 1.807) is 23.9 Å².